The Morgan fingerprint density at radius 3 is 2.50 bits per heavy atom. The van der Waals surface area contributed by atoms with E-state index >= 15 is 0 Å². The normalized spacial score (nSPS) is 14.2. The molecule has 0 bridgehead atoms. The molecule has 0 saturated carbocycles. The predicted molar refractivity (Wildman–Crippen MR) is 204 cm³/mol. The van der Waals surface area contributed by atoms with Crippen molar-refractivity contribution < 1.29 is 24.5 Å². The Bertz CT molecular complexity index is 2080. The number of halogens is 1. The first-order valence-electron chi connectivity index (χ1n) is 17.3. The van der Waals surface area contributed by atoms with Crippen molar-refractivity contribution in [2.24, 2.45) is 0 Å². The molecule has 1 atom stereocenters. The van der Waals surface area contributed by atoms with Crippen molar-refractivity contribution in [1.82, 2.24) is 15.2 Å². The van der Waals surface area contributed by atoms with Crippen molar-refractivity contribution >= 4 is 45.9 Å². The maximum absolute atomic E-state index is 12.9. The molecule has 12 heteroatoms. The van der Waals surface area contributed by atoms with Crippen LogP contribution in [0, 0.1) is 6.92 Å². The van der Waals surface area contributed by atoms with Gasteiger partial charge in [0, 0.05) is 56.2 Å². The van der Waals surface area contributed by atoms with Gasteiger partial charge in [-0.15, -0.1) is 0 Å². The number of carbonyl (C=O) groups is 2. The highest BCUT2D eigenvalue weighted by atomic mass is 35.5. The van der Waals surface area contributed by atoms with Crippen molar-refractivity contribution in [1.29, 1.82) is 0 Å². The van der Waals surface area contributed by atoms with Gasteiger partial charge in [0.25, 0.3) is 0 Å². The minimum atomic E-state index is -0.893. The summed E-state index contributed by atoms with van der Waals surface area (Å²) in [5.41, 5.74) is 5.40. The lowest BCUT2D eigenvalue weighted by Gasteiger charge is -2.31. The smallest absolute Gasteiger partial charge is 0.411 e. The fourth-order valence-electron chi connectivity index (χ4n) is 6.55. The Morgan fingerprint density at radius 2 is 1.73 bits per heavy atom. The van der Waals surface area contributed by atoms with E-state index in [1.807, 2.05) is 67.6 Å². The molecule has 0 unspecified atom stereocenters. The number of hydrogen-bond acceptors (Lipinski definition) is 8. The van der Waals surface area contributed by atoms with E-state index in [9.17, 15) is 24.6 Å². The van der Waals surface area contributed by atoms with Gasteiger partial charge in [0.1, 0.15) is 11.9 Å². The number of anilines is 2. The molecule has 1 aliphatic rings. The molecule has 11 nitrogen and oxygen atoms in total. The number of aliphatic hydroxyl groups is 1. The molecule has 5 aromatic rings. The summed E-state index contributed by atoms with van der Waals surface area (Å²) in [5, 5.41) is 31.0. The van der Waals surface area contributed by atoms with Gasteiger partial charge in [-0.2, -0.15) is 0 Å². The van der Waals surface area contributed by atoms with Gasteiger partial charge >= 0.3 is 6.09 Å². The SMILES string of the molecule is Cc1cc(CNC[C@@H](O)c2ccc(O)c3[nH]c(=O)ccc23)cc(Cl)c1NC(=O)CCN1CCC(OC(=O)Nc2ccccc2-c2ccccc2)CC1. The molecule has 0 aliphatic carbocycles. The zero-order valence-electron chi connectivity index (χ0n) is 28.8. The fourth-order valence-corrected chi connectivity index (χ4v) is 6.89. The van der Waals surface area contributed by atoms with Crippen LogP contribution in [-0.4, -0.2) is 64.4 Å². The number of phenolic OH excluding ortho intramolecular Hbond substituents is 1. The van der Waals surface area contributed by atoms with Gasteiger partial charge in [-0.3, -0.25) is 14.9 Å². The molecule has 6 N–H and O–H groups in total. The lowest BCUT2D eigenvalue weighted by molar-refractivity contribution is -0.116. The molecule has 2 heterocycles. The minimum Gasteiger partial charge on any atom is -0.506 e. The Kier molecular flexibility index (Phi) is 11.9. The Hall–Kier alpha value is -5.20. The number of likely N-dealkylation sites (tertiary alicyclic amines) is 1. The van der Waals surface area contributed by atoms with Gasteiger partial charge in [0.15, 0.2) is 0 Å². The number of aromatic hydroxyl groups is 1. The van der Waals surface area contributed by atoms with E-state index in [2.05, 4.69) is 25.8 Å². The largest absolute Gasteiger partial charge is 0.506 e. The first-order chi connectivity index (χ1) is 25.1. The average molecular weight is 724 g/mol. The number of rotatable bonds is 12. The average Bonchev–Trinajstić information content (AvgIpc) is 3.13. The number of hydrogen-bond donors (Lipinski definition) is 6. The molecule has 2 amide bonds. The summed E-state index contributed by atoms with van der Waals surface area (Å²) in [6, 6.07) is 27.2. The van der Waals surface area contributed by atoms with E-state index in [1.165, 1.54) is 12.1 Å². The molecule has 270 valence electrons. The highest BCUT2D eigenvalue weighted by Crippen LogP contribution is 2.31. The summed E-state index contributed by atoms with van der Waals surface area (Å²) in [6.45, 7) is 4.51. The monoisotopic (exact) mass is 723 g/mol. The molecule has 52 heavy (non-hydrogen) atoms. The van der Waals surface area contributed by atoms with Crippen LogP contribution in [0.3, 0.4) is 0 Å². The van der Waals surface area contributed by atoms with Gasteiger partial charge in [-0.25, -0.2) is 4.79 Å². The van der Waals surface area contributed by atoms with Crippen molar-refractivity contribution in [2.75, 3.05) is 36.8 Å². The molecule has 1 aromatic heterocycles. The molecule has 1 fully saturated rings. The van der Waals surface area contributed by atoms with Crippen LogP contribution in [0.25, 0.3) is 22.0 Å². The molecular formula is C40H42ClN5O6. The number of aromatic nitrogens is 1. The number of ether oxygens (including phenoxy) is 1. The molecule has 0 spiro atoms. The molecule has 1 saturated heterocycles. The van der Waals surface area contributed by atoms with E-state index < -0.39 is 12.2 Å². The number of nitrogens with one attached hydrogen (secondary N) is 4. The number of nitrogens with zero attached hydrogens (tertiary/aromatic N) is 1. The van der Waals surface area contributed by atoms with E-state index in [1.54, 1.807) is 18.2 Å². The van der Waals surface area contributed by atoms with Crippen LogP contribution in [0.1, 0.15) is 42.1 Å². The zero-order valence-corrected chi connectivity index (χ0v) is 29.6. The number of phenols is 1. The third kappa shape index (κ3) is 9.17. The number of H-pyrrole nitrogens is 1. The molecule has 4 aromatic carbocycles. The summed E-state index contributed by atoms with van der Waals surface area (Å²) in [5.74, 6) is -0.208. The molecule has 6 rings (SSSR count). The summed E-state index contributed by atoms with van der Waals surface area (Å²) in [6.07, 6.45) is 0.0779. The third-order valence-corrected chi connectivity index (χ3v) is 9.55. The van der Waals surface area contributed by atoms with Crippen LogP contribution in [-0.2, 0) is 16.1 Å². The predicted octanol–water partition coefficient (Wildman–Crippen LogP) is 6.73. The first-order valence-corrected chi connectivity index (χ1v) is 17.7. The Labute approximate surface area is 306 Å². The summed E-state index contributed by atoms with van der Waals surface area (Å²) < 4.78 is 5.75. The maximum atomic E-state index is 12.9. The topological polar surface area (TPSA) is 156 Å². The Morgan fingerprint density at radius 1 is 0.981 bits per heavy atom. The number of amides is 2. The lowest BCUT2D eigenvalue weighted by Crippen LogP contribution is -2.39. The van der Waals surface area contributed by atoms with Gasteiger partial charge < -0.3 is 35.5 Å². The zero-order chi connectivity index (χ0) is 36.6. The maximum Gasteiger partial charge on any atom is 0.411 e. The summed E-state index contributed by atoms with van der Waals surface area (Å²) in [4.78, 5) is 42.2. The standard InChI is InChI=1S/C40H42ClN5O6/c1-25-21-26(23-42-24-35(48)30-11-13-34(47)39-31(30)12-14-36(49)45-39)22-32(41)38(25)44-37(50)17-20-46-18-15-28(16-19-46)52-40(51)43-33-10-6-5-9-29(33)27-7-3-2-4-8-27/h2-14,21-22,28,35,42,47-48H,15-20,23-24H2,1H3,(H,43,51)(H,44,50)(H,45,49)/t35-/m1/s1. The molecular weight excluding hydrogens is 682 g/mol. The Balaban J connectivity index is 0.927. The van der Waals surface area contributed by atoms with Crippen LogP contribution >= 0.6 is 11.6 Å². The first kappa shape index (κ1) is 36.6. The van der Waals surface area contributed by atoms with Crippen LogP contribution in [0.4, 0.5) is 16.2 Å². The number of aryl methyl sites for hydroxylation is 1. The van der Waals surface area contributed by atoms with Crippen molar-refractivity contribution in [2.45, 2.75) is 44.9 Å². The van der Waals surface area contributed by atoms with Crippen LogP contribution in [0.5, 0.6) is 5.75 Å². The van der Waals surface area contributed by atoms with Crippen LogP contribution in [0.15, 0.2) is 95.8 Å². The van der Waals surface area contributed by atoms with Gasteiger partial charge in [0.2, 0.25) is 11.5 Å². The number of aliphatic hydroxyl groups excluding tert-OH is 1. The summed E-state index contributed by atoms with van der Waals surface area (Å²) in [7, 11) is 0. The number of para-hydroxylation sites is 1. The van der Waals surface area contributed by atoms with Gasteiger partial charge in [-0.05, 0) is 66.3 Å². The van der Waals surface area contributed by atoms with E-state index in [-0.39, 0.29) is 35.4 Å². The van der Waals surface area contributed by atoms with Crippen molar-refractivity contribution in [3.05, 3.63) is 123 Å². The lowest BCUT2D eigenvalue weighted by atomic mass is 10.0. The number of benzene rings is 4. The quantitative estimate of drug-likeness (QED) is 0.0828. The molecule has 0 radical (unpaired) electrons. The fraction of sp³-hybridized carbons (Fsp3) is 0.275. The molecule has 1 aliphatic heterocycles. The van der Waals surface area contributed by atoms with Crippen LogP contribution < -0.4 is 21.5 Å². The van der Waals surface area contributed by atoms with Crippen molar-refractivity contribution in [3.63, 3.8) is 0 Å². The van der Waals surface area contributed by atoms with Gasteiger partial charge in [-0.1, -0.05) is 72.3 Å². The second-order valence-electron chi connectivity index (χ2n) is 13.0. The second-order valence-corrected chi connectivity index (χ2v) is 13.4. The number of piperidine rings is 1. The second kappa shape index (κ2) is 16.9. The number of carbonyl (C=O) groups excluding carboxylic acids is 2. The van der Waals surface area contributed by atoms with E-state index in [0.717, 1.165) is 22.3 Å². The van der Waals surface area contributed by atoms with Crippen LogP contribution in [0.2, 0.25) is 5.02 Å². The van der Waals surface area contributed by atoms with Gasteiger partial charge in [0.05, 0.1) is 28.0 Å². The van der Waals surface area contributed by atoms with E-state index in [4.69, 9.17) is 16.3 Å². The van der Waals surface area contributed by atoms with E-state index in [0.29, 0.717) is 72.8 Å². The van der Waals surface area contributed by atoms with Crippen molar-refractivity contribution in [3.8, 4) is 16.9 Å². The third-order valence-electron chi connectivity index (χ3n) is 9.26. The number of aromatic amines is 1. The minimum absolute atomic E-state index is 0.0655. The highest BCUT2D eigenvalue weighted by Gasteiger charge is 2.23. The highest BCUT2D eigenvalue weighted by molar-refractivity contribution is 6.34. The number of pyridine rings is 1. The summed E-state index contributed by atoms with van der Waals surface area (Å²) >= 11 is 6.60. The number of fused-ring (bicyclic) bond motifs is 1.